The van der Waals surface area contributed by atoms with Gasteiger partial charge < -0.3 is 19.5 Å². The highest BCUT2D eigenvalue weighted by Crippen LogP contribution is 2.33. The van der Waals surface area contributed by atoms with Crippen LogP contribution in [-0.4, -0.2) is 32.2 Å². The second-order valence-corrected chi connectivity index (χ2v) is 6.52. The maximum absolute atomic E-state index is 12.6. The molecule has 1 amide bonds. The Morgan fingerprint density at radius 2 is 1.80 bits per heavy atom. The van der Waals surface area contributed by atoms with Crippen molar-refractivity contribution in [3.63, 3.8) is 0 Å². The van der Waals surface area contributed by atoms with Crippen molar-refractivity contribution < 1.29 is 32.6 Å². The van der Waals surface area contributed by atoms with E-state index in [9.17, 15) is 18.4 Å². The van der Waals surface area contributed by atoms with Crippen LogP contribution in [0.4, 0.5) is 14.5 Å². The Labute approximate surface area is 173 Å². The summed E-state index contributed by atoms with van der Waals surface area (Å²) in [6, 6.07) is 8.35. The van der Waals surface area contributed by atoms with Gasteiger partial charge in [-0.1, -0.05) is 29.8 Å². The van der Waals surface area contributed by atoms with Crippen molar-refractivity contribution in [1.82, 2.24) is 0 Å². The van der Waals surface area contributed by atoms with E-state index in [4.69, 9.17) is 9.47 Å². The van der Waals surface area contributed by atoms with E-state index in [0.29, 0.717) is 5.69 Å². The number of aryl methyl sites for hydroxylation is 3. The zero-order valence-electron chi connectivity index (χ0n) is 17.1. The van der Waals surface area contributed by atoms with E-state index < -0.39 is 25.1 Å². The minimum atomic E-state index is -3.06. The number of halogens is 2. The van der Waals surface area contributed by atoms with Gasteiger partial charge in [-0.2, -0.15) is 8.78 Å². The summed E-state index contributed by atoms with van der Waals surface area (Å²) < 4.78 is 39.7. The lowest BCUT2D eigenvalue weighted by molar-refractivity contribution is -0.142. The normalized spacial score (nSPS) is 10.9. The van der Waals surface area contributed by atoms with E-state index in [0.717, 1.165) is 22.8 Å². The van der Waals surface area contributed by atoms with Crippen LogP contribution in [0.5, 0.6) is 11.5 Å². The van der Waals surface area contributed by atoms with Gasteiger partial charge in [-0.25, -0.2) is 4.79 Å². The number of carbonyl (C=O) groups excluding carboxylic acids is 2. The highest BCUT2D eigenvalue weighted by molar-refractivity contribution is 5.95. The molecule has 0 aliphatic carbocycles. The first kappa shape index (κ1) is 22.9. The number of carbonyl (C=O) groups is 2. The Kier molecular flexibility index (Phi) is 7.91. The molecule has 0 aromatic heterocycles. The van der Waals surface area contributed by atoms with Gasteiger partial charge in [0.25, 0.3) is 5.91 Å². The fourth-order valence-corrected chi connectivity index (χ4v) is 2.94. The number of alkyl halides is 2. The van der Waals surface area contributed by atoms with Crippen molar-refractivity contribution in [1.29, 1.82) is 0 Å². The number of para-hydroxylation sites is 1. The third-order valence-electron chi connectivity index (χ3n) is 4.12. The number of benzene rings is 2. The van der Waals surface area contributed by atoms with Crippen molar-refractivity contribution >= 4 is 23.6 Å². The molecule has 2 aromatic carbocycles. The van der Waals surface area contributed by atoms with E-state index in [2.05, 4.69) is 10.1 Å². The fourth-order valence-electron chi connectivity index (χ4n) is 2.94. The molecule has 0 saturated heterocycles. The lowest BCUT2D eigenvalue weighted by Crippen LogP contribution is -2.21. The van der Waals surface area contributed by atoms with Crippen molar-refractivity contribution in [2.24, 2.45) is 0 Å². The molecule has 0 fully saturated rings. The SMILES string of the molecule is COc1cccc(/C=C/C(=O)OCC(=O)Nc2c(C)cc(C)cc2C)c1OC(F)F. The van der Waals surface area contributed by atoms with Gasteiger partial charge in [-0.05, 0) is 44.0 Å². The van der Waals surface area contributed by atoms with E-state index in [1.165, 1.54) is 25.3 Å². The molecule has 0 aliphatic heterocycles. The number of rotatable bonds is 8. The zero-order valence-corrected chi connectivity index (χ0v) is 17.1. The largest absolute Gasteiger partial charge is 0.493 e. The molecule has 0 atom stereocenters. The Hall–Kier alpha value is -3.42. The molecule has 8 heteroatoms. The molecule has 6 nitrogen and oxygen atoms in total. The number of esters is 1. The second-order valence-electron chi connectivity index (χ2n) is 6.52. The summed E-state index contributed by atoms with van der Waals surface area (Å²) in [5.41, 5.74) is 3.74. The van der Waals surface area contributed by atoms with E-state index in [-0.39, 0.29) is 17.1 Å². The molecule has 0 heterocycles. The van der Waals surface area contributed by atoms with Crippen molar-refractivity contribution in [2.75, 3.05) is 19.0 Å². The topological polar surface area (TPSA) is 73.9 Å². The zero-order chi connectivity index (χ0) is 22.3. The minimum Gasteiger partial charge on any atom is -0.493 e. The lowest BCUT2D eigenvalue weighted by Gasteiger charge is -2.13. The van der Waals surface area contributed by atoms with Crippen LogP contribution >= 0.6 is 0 Å². The first-order chi connectivity index (χ1) is 14.2. The third-order valence-corrected chi connectivity index (χ3v) is 4.12. The van der Waals surface area contributed by atoms with Crippen LogP contribution in [0.2, 0.25) is 0 Å². The highest BCUT2D eigenvalue weighted by atomic mass is 19.3. The molecule has 0 bridgehead atoms. The highest BCUT2D eigenvalue weighted by Gasteiger charge is 2.14. The predicted octanol–water partition coefficient (Wildman–Crippen LogP) is 4.42. The standard InChI is InChI=1S/C22H23F2NO5/c1-13-10-14(2)20(15(3)11-13)25-18(26)12-29-19(27)9-8-16-6-5-7-17(28-4)21(16)30-22(23)24/h5-11,22H,12H2,1-4H3,(H,25,26)/b9-8+. The van der Waals surface area contributed by atoms with E-state index >= 15 is 0 Å². The Morgan fingerprint density at radius 1 is 1.13 bits per heavy atom. The number of nitrogens with one attached hydrogen (secondary N) is 1. The molecule has 30 heavy (non-hydrogen) atoms. The van der Waals surface area contributed by atoms with Crippen molar-refractivity contribution in [2.45, 2.75) is 27.4 Å². The van der Waals surface area contributed by atoms with Crippen LogP contribution in [0.1, 0.15) is 22.3 Å². The molecule has 2 aromatic rings. The van der Waals surface area contributed by atoms with Gasteiger partial charge in [0.15, 0.2) is 18.1 Å². The maximum Gasteiger partial charge on any atom is 0.387 e. The number of ether oxygens (including phenoxy) is 3. The van der Waals surface area contributed by atoms with Gasteiger partial charge in [0.1, 0.15) is 0 Å². The molecule has 0 spiro atoms. The molecule has 2 rings (SSSR count). The van der Waals surface area contributed by atoms with Crippen molar-refractivity contribution in [3.05, 3.63) is 58.7 Å². The van der Waals surface area contributed by atoms with Gasteiger partial charge in [-0.15, -0.1) is 0 Å². The fraction of sp³-hybridized carbons (Fsp3) is 0.273. The summed E-state index contributed by atoms with van der Waals surface area (Å²) in [6.07, 6.45) is 2.26. The molecule has 0 radical (unpaired) electrons. The van der Waals surface area contributed by atoms with Gasteiger partial charge in [0.05, 0.1) is 7.11 Å². The Balaban J connectivity index is 2.00. The Bertz CT molecular complexity index is 934. The third kappa shape index (κ3) is 6.30. The number of hydrogen-bond donors (Lipinski definition) is 1. The number of amides is 1. The quantitative estimate of drug-likeness (QED) is 0.507. The van der Waals surface area contributed by atoms with Crippen molar-refractivity contribution in [3.8, 4) is 11.5 Å². The summed E-state index contributed by atoms with van der Waals surface area (Å²) in [7, 11) is 1.31. The van der Waals surface area contributed by atoms with Crippen LogP contribution < -0.4 is 14.8 Å². The van der Waals surface area contributed by atoms with Crippen LogP contribution in [0.3, 0.4) is 0 Å². The molecule has 1 N–H and O–H groups in total. The van der Waals surface area contributed by atoms with Gasteiger partial charge >= 0.3 is 12.6 Å². The molecule has 0 saturated carbocycles. The molecule has 0 unspecified atom stereocenters. The minimum absolute atomic E-state index is 0.0917. The summed E-state index contributed by atoms with van der Waals surface area (Å²) >= 11 is 0. The van der Waals surface area contributed by atoms with Crippen LogP contribution in [0.15, 0.2) is 36.4 Å². The van der Waals surface area contributed by atoms with Gasteiger partial charge in [0.2, 0.25) is 0 Å². The first-order valence-electron chi connectivity index (χ1n) is 9.05. The summed E-state index contributed by atoms with van der Waals surface area (Å²) in [5.74, 6) is -1.42. The average molecular weight is 419 g/mol. The Morgan fingerprint density at radius 3 is 2.40 bits per heavy atom. The number of methoxy groups -OCH3 is 1. The predicted molar refractivity (Wildman–Crippen MR) is 109 cm³/mol. The average Bonchev–Trinajstić information content (AvgIpc) is 2.67. The number of hydrogen-bond acceptors (Lipinski definition) is 5. The van der Waals surface area contributed by atoms with Crippen LogP contribution in [-0.2, 0) is 14.3 Å². The van der Waals surface area contributed by atoms with Gasteiger partial charge in [0, 0.05) is 17.3 Å². The molecule has 0 aliphatic rings. The van der Waals surface area contributed by atoms with E-state index in [1.54, 1.807) is 6.07 Å². The molecular weight excluding hydrogens is 396 g/mol. The maximum atomic E-state index is 12.6. The summed E-state index contributed by atoms with van der Waals surface area (Å²) in [5, 5.41) is 2.72. The van der Waals surface area contributed by atoms with E-state index in [1.807, 2.05) is 32.9 Å². The molecule has 160 valence electrons. The monoisotopic (exact) mass is 419 g/mol. The smallest absolute Gasteiger partial charge is 0.387 e. The summed E-state index contributed by atoms with van der Waals surface area (Å²) in [6.45, 7) is 2.15. The first-order valence-corrected chi connectivity index (χ1v) is 9.05. The second kappa shape index (κ2) is 10.4. The lowest BCUT2D eigenvalue weighted by atomic mass is 10.1. The van der Waals surface area contributed by atoms with Crippen LogP contribution in [0.25, 0.3) is 6.08 Å². The van der Waals surface area contributed by atoms with Crippen LogP contribution in [0, 0.1) is 20.8 Å². The number of anilines is 1. The molecular formula is C22H23F2NO5. The van der Waals surface area contributed by atoms with Gasteiger partial charge in [-0.3, -0.25) is 4.79 Å². The summed E-state index contributed by atoms with van der Waals surface area (Å²) in [4.78, 5) is 24.0.